The van der Waals surface area contributed by atoms with E-state index in [1.54, 1.807) is 11.3 Å². The van der Waals surface area contributed by atoms with E-state index in [1.165, 1.54) is 0 Å². The van der Waals surface area contributed by atoms with E-state index in [0.29, 0.717) is 0 Å². The monoisotopic (exact) mass is 275 g/mol. The molecule has 2 atom stereocenters. The van der Waals surface area contributed by atoms with Crippen LogP contribution in [0.25, 0.3) is 10.1 Å². The van der Waals surface area contributed by atoms with Crippen LogP contribution in [0.3, 0.4) is 0 Å². The summed E-state index contributed by atoms with van der Waals surface area (Å²) < 4.78 is 1.15. The summed E-state index contributed by atoms with van der Waals surface area (Å²) in [7, 11) is 0. The number of carbonyl (C=O) groups is 1. The third-order valence-corrected chi connectivity index (χ3v) is 5.08. The first-order chi connectivity index (χ1) is 9.22. The first kappa shape index (κ1) is 12.6. The third-order valence-electron chi connectivity index (χ3n) is 4.12. The summed E-state index contributed by atoms with van der Waals surface area (Å²) in [6, 6.07) is 8.13. The normalized spacial score (nSPS) is 23.2. The molecule has 0 aliphatic carbocycles. The summed E-state index contributed by atoms with van der Waals surface area (Å²) in [5.41, 5.74) is 0.797. The van der Waals surface area contributed by atoms with Gasteiger partial charge >= 0.3 is 0 Å². The van der Waals surface area contributed by atoms with Crippen molar-refractivity contribution < 1.29 is 9.90 Å². The van der Waals surface area contributed by atoms with Gasteiger partial charge in [-0.15, -0.1) is 11.3 Å². The maximum atomic E-state index is 12.6. The molecule has 3 nitrogen and oxygen atoms in total. The van der Waals surface area contributed by atoms with Crippen molar-refractivity contribution in [1.82, 2.24) is 4.90 Å². The van der Waals surface area contributed by atoms with Crippen LogP contribution in [-0.4, -0.2) is 35.1 Å². The average molecular weight is 275 g/mol. The average Bonchev–Trinajstić information content (AvgIpc) is 3.01. The van der Waals surface area contributed by atoms with E-state index >= 15 is 0 Å². The van der Waals surface area contributed by atoms with Gasteiger partial charge in [0.25, 0.3) is 5.91 Å². The molecule has 2 aromatic rings. The van der Waals surface area contributed by atoms with Crippen molar-refractivity contribution >= 4 is 27.3 Å². The molecular weight excluding hydrogens is 258 g/mol. The van der Waals surface area contributed by atoms with Crippen LogP contribution in [0.15, 0.2) is 29.6 Å². The predicted octanol–water partition coefficient (Wildman–Crippen LogP) is 2.74. The SMILES string of the molecule is C[C@@H]1[C@@H](CO)CCN1C(=O)c1csc2ccccc12. The number of fused-ring (bicyclic) bond motifs is 1. The van der Waals surface area contributed by atoms with Crippen LogP contribution in [-0.2, 0) is 0 Å². The van der Waals surface area contributed by atoms with Gasteiger partial charge in [-0.2, -0.15) is 0 Å². The van der Waals surface area contributed by atoms with E-state index in [1.807, 2.05) is 41.5 Å². The van der Waals surface area contributed by atoms with Crippen LogP contribution < -0.4 is 0 Å². The Kier molecular flexibility index (Phi) is 3.29. The number of hydrogen-bond donors (Lipinski definition) is 1. The number of amides is 1. The second kappa shape index (κ2) is 4.94. The van der Waals surface area contributed by atoms with Gasteiger partial charge in [-0.1, -0.05) is 18.2 Å². The van der Waals surface area contributed by atoms with Gasteiger partial charge in [0.15, 0.2) is 0 Å². The number of thiophene rings is 1. The highest BCUT2D eigenvalue weighted by Crippen LogP contribution is 2.30. The molecule has 0 unspecified atom stereocenters. The molecule has 4 heteroatoms. The molecule has 0 saturated carbocycles. The van der Waals surface area contributed by atoms with Crippen LogP contribution >= 0.6 is 11.3 Å². The van der Waals surface area contributed by atoms with Crippen LogP contribution in [0.1, 0.15) is 23.7 Å². The van der Waals surface area contributed by atoms with Crippen molar-refractivity contribution in [2.75, 3.05) is 13.2 Å². The first-order valence-electron chi connectivity index (χ1n) is 6.60. The zero-order valence-electron chi connectivity index (χ0n) is 10.9. The Morgan fingerprint density at radius 2 is 2.26 bits per heavy atom. The second-order valence-corrected chi connectivity index (χ2v) is 6.03. The van der Waals surface area contributed by atoms with E-state index < -0.39 is 0 Å². The topological polar surface area (TPSA) is 40.5 Å². The van der Waals surface area contributed by atoms with Crippen LogP contribution in [0.2, 0.25) is 0 Å². The molecule has 1 fully saturated rings. The van der Waals surface area contributed by atoms with Gasteiger partial charge in [0.05, 0.1) is 5.56 Å². The third kappa shape index (κ3) is 2.05. The van der Waals surface area contributed by atoms with E-state index in [4.69, 9.17) is 0 Å². The van der Waals surface area contributed by atoms with E-state index in [-0.39, 0.29) is 24.5 Å². The lowest BCUT2D eigenvalue weighted by Crippen LogP contribution is -2.36. The number of carbonyl (C=O) groups excluding carboxylic acids is 1. The minimum atomic E-state index is 0.0981. The number of nitrogens with zero attached hydrogens (tertiary/aromatic N) is 1. The summed E-state index contributed by atoms with van der Waals surface area (Å²) in [6.07, 6.45) is 0.894. The summed E-state index contributed by atoms with van der Waals surface area (Å²) in [5, 5.41) is 12.3. The predicted molar refractivity (Wildman–Crippen MR) is 77.5 cm³/mol. The molecule has 0 radical (unpaired) electrons. The summed E-state index contributed by atoms with van der Waals surface area (Å²) in [6.45, 7) is 2.94. The van der Waals surface area contributed by atoms with Gasteiger partial charge in [-0.05, 0) is 19.4 Å². The molecule has 2 heterocycles. The Hall–Kier alpha value is -1.39. The lowest BCUT2D eigenvalue weighted by molar-refractivity contribution is 0.0719. The van der Waals surface area contributed by atoms with Crippen LogP contribution in [0.5, 0.6) is 0 Å². The number of aliphatic hydroxyl groups excluding tert-OH is 1. The molecular formula is C15H17NO2S. The van der Waals surface area contributed by atoms with Crippen molar-refractivity contribution in [3.8, 4) is 0 Å². The Morgan fingerprint density at radius 1 is 1.47 bits per heavy atom. The van der Waals surface area contributed by atoms with Gasteiger partial charge in [-0.3, -0.25) is 4.79 Å². The minimum Gasteiger partial charge on any atom is -0.396 e. The highest BCUT2D eigenvalue weighted by Gasteiger charge is 2.34. The Balaban J connectivity index is 1.92. The van der Waals surface area contributed by atoms with Gasteiger partial charge in [0.2, 0.25) is 0 Å². The molecule has 1 amide bonds. The van der Waals surface area contributed by atoms with Crippen molar-refractivity contribution in [3.05, 3.63) is 35.2 Å². The zero-order chi connectivity index (χ0) is 13.4. The molecule has 0 bridgehead atoms. The molecule has 1 aliphatic rings. The van der Waals surface area contributed by atoms with E-state index in [9.17, 15) is 9.90 Å². The van der Waals surface area contributed by atoms with Gasteiger partial charge in [0.1, 0.15) is 0 Å². The van der Waals surface area contributed by atoms with Gasteiger partial charge < -0.3 is 10.0 Å². The largest absolute Gasteiger partial charge is 0.396 e. The number of rotatable bonds is 2. The molecule has 100 valence electrons. The smallest absolute Gasteiger partial charge is 0.255 e. The Labute approximate surface area is 116 Å². The van der Waals surface area contributed by atoms with Gasteiger partial charge in [0, 0.05) is 40.6 Å². The number of benzene rings is 1. The standard InChI is InChI=1S/C15H17NO2S/c1-10-11(8-17)6-7-16(10)15(18)13-9-19-14-5-3-2-4-12(13)14/h2-5,9-11,17H,6-8H2,1H3/t10-,11-/m1/s1. The summed E-state index contributed by atoms with van der Waals surface area (Å²) >= 11 is 1.61. The second-order valence-electron chi connectivity index (χ2n) is 5.12. The van der Waals surface area contributed by atoms with E-state index in [2.05, 4.69) is 0 Å². The number of likely N-dealkylation sites (tertiary alicyclic amines) is 1. The van der Waals surface area contributed by atoms with Crippen molar-refractivity contribution in [3.63, 3.8) is 0 Å². The Morgan fingerprint density at radius 3 is 3.00 bits per heavy atom. The van der Waals surface area contributed by atoms with Crippen LogP contribution in [0, 0.1) is 5.92 Å². The molecule has 0 spiro atoms. The molecule has 1 aromatic carbocycles. The van der Waals surface area contributed by atoms with Crippen molar-refractivity contribution in [1.29, 1.82) is 0 Å². The number of hydrogen-bond acceptors (Lipinski definition) is 3. The molecule has 3 rings (SSSR count). The minimum absolute atomic E-state index is 0.0981. The summed E-state index contributed by atoms with van der Waals surface area (Å²) in [4.78, 5) is 14.5. The van der Waals surface area contributed by atoms with Crippen molar-refractivity contribution in [2.24, 2.45) is 5.92 Å². The molecule has 1 aromatic heterocycles. The zero-order valence-corrected chi connectivity index (χ0v) is 11.7. The quantitative estimate of drug-likeness (QED) is 0.915. The van der Waals surface area contributed by atoms with Crippen molar-refractivity contribution in [2.45, 2.75) is 19.4 Å². The lowest BCUT2D eigenvalue weighted by Gasteiger charge is -2.23. The number of aliphatic hydroxyl groups is 1. The lowest BCUT2D eigenvalue weighted by atomic mass is 10.0. The fraction of sp³-hybridized carbons (Fsp3) is 0.400. The summed E-state index contributed by atoms with van der Waals surface area (Å²) in [5.74, 6) is 0.315. The molecule has 1 aliphatic heterocycles. The Bertz CT molecular complexity index is 607. The highest BCUT2D eigenvalue weighted by atomic mass is 32.1. The molecule has 1 N–H and O–H groups in total. The highest BCUT2D eigenvalue weighted by molar-refractivity contribution is 7.17. The van der Waals surface area contributed by atoms with Gasteiger partial charge in [-0.25, -0.2) is 0 Å². The molecule has 19 heavy (non-hydrogen) atoms. The maximum Gasteiger partial charge on any atom is 0.255 e. The molecule has 1 saturated heterocycles. The first-order valence-corrected chi connectivity index (χ1v) is 7.48. The maximum absolute atomic E-state index is 12.6. The van der Waals surface area contributed by atoms with E-state index in [0.717, 1.165) is 28.6 Å². The fourth-order valence-corrected chi connectivity index (χ4v) is 3.77. The fourth-order valence-electron chi connectivity index (χ4n) is 2.83. The van der Waals surface area contributed by atoms with Crippen LogP contribution in [0.4, 0.5) is 0 Å².